The highest BCUT2D eigenvalue weighted by Crippen LogP contribution is 2.17. The lowest BCUT2D eigenvalue weighted by molar-refractivity contribution is 0.567. The van der Waals surface area contributed by atoms with Gasteiger partial charge >= 0.3 is 0 Å². The monoisotopic (exact) mass is 451 g/mol. The van der Waals surface area contributed by atoms with Gasteiger partial charge in [0.2, 0.25) is 0 Å². The predicted octanol–water partition coefficient (Wildman–Crippen LogP) is 2.10. The molecule has 1 aromatic carbocycles. The van der Waals surface area contributed by atoms with E-state index >= 15 is 0 Å². The first-order valence-electron chi connectivity index (χ1n) is 7.76. The van der Waals surface area contributed by atoms with Gasteiger partial charge in [0.05, 0.1) is 18.1 Å². The summed E-state index contributed by atoms with van der Waals surface area (Å²) >= 11 is 0. The van der Waals surface area contributed by atoms with E-state index < -0.39 is 9.84 Å². The van der Waals surface area contributed by atoms with Crippen molar-refractivity contribution in [2.45, 2.75) is 26.8 Å². The number of sulfone groups is 1. The molecule has 2 rings (SSSR count). The van der Waals surface area contributed by atoms with E-state index in [1.54, 1.807) is 0 Å². The summed E-state index contributed by atoms with van der Waals surface area (Å²) in [6.45, 7) is 6.12. The zero-order valence-corrected chi connectivity index (χ0v) is 16.9. The van der Waals surface area contributed by atoms with Gasteiger partial charge in [-0.1, -0.05) is 29.8 Å². The second-order valence-corrected chi connectivity index (χ2v) is 8.06. The van der Waals surface area contributed by atoms with Gasteiger partial charge in [-0.3, -0.25) is 0 Å². The largest absolute Gasteiger partial charge is 0.357 e. The number of hydrogen-bond acceptors (Lipinski definition) is 3. The van der Waals surface area contributed by atoms with Crippen LogP contribution >= 0.6 is 24.0 Å². The second kappa shape index (κ2) is 9.46. The zero-order chi connectivity index (χ0) is 16.0. The minimum atomic E-state index is -2.82. The fourth-order valence-electron chi connectivity index (χ4n) is 2.48. The Morgan fingerprint density at radius 3 is 2.52 bits per heavy atom. The molecule has 1 heterocycles. The van der Waals surface area contributed by atoms with Crippen molar-refractivity contribution in [2.75, 3.05) is 24.6 Å². The summed E-state index contributed by atoms with van der Waals surface area (Å²) in [6.07, 6.45) is 0.743. The van der Waals surface area contributed by atoms with Crippen LogP contribution in [0.1, 0.15) is 24.5 Å². The van der Waals surface area contributed by atoms with Crippen molar-refractivity contribution >= 4 is 39.8 Å². The van der Waals surface area contributed by atoms with Crippen LogP contribution in [0, 0.1) is 12.8 Å². The first kappa shape index (κ1) is 20.2. The number of aliphatic imine (C=N–C) groups is 1. The third kappa shape index (κ3) is 7.07. The van der Waals surface area contributed by atoms with Gasteiger partial charge in [-0.25, -0.2) is 13.4 Å². The van der Waals surface area contributed by atoms with Crippen LogP contribution in [0.4, 0.5) is 0 Å². The van der Waals surface area contributed by atoms with Gasteiger partial charge in [0.15, 0.2) is 15.8 Å². The summed E-state index contributed by atoms with van der Waals surface area (Å²) < 4.78 is 23.0. The Bertz CT molecular complexity index is 615. The molecular formula is C16H26IN3O2S. The second-order valence-electron chi connectivity index (χ2n) is 5.83. The highest BCUT2D eigenvalue weighted by molar-refractivity contribution is 14.0. The summed E-state index contributed by atoms with van der Waals surface area (Å²) in [5, 5.41) is 6.45. The molecule has 1 atom stereocenters. The molecule has 0 amide bonds. The normalized spacial score (nSPS) is 19.9. The maximum Gasteiger partial charge on any atom is 0.191 e. The fourth-order valence-corrected chi connectivity index (χ4v) is 4.34. The minimum absolute atomic E-state index is 0. The lowest BCUT2D eigenvalue weighted by Gasteiger charge is -2.14. The van der Waals surface area contributed by atoms with Crippen molar-refractivity contribution in [2.24, 2.45) is 10.9 Å². The molecule has 0 bridgehead atoms. The van der Waals surface area contributed by atoms with Gasteiger partial charge in [-0.05, 0) is 31.7 Å². The van der Waals surface area contributed by atoms with Crippen molar-refractivity contribution in [3.8, 4) is 0 Å². The van der Waals surface area contributed by atoms with Gasteiger partial charge in [0.25, 0.3) is 0 Å². The van der Waals surface area contributed by atoms with Gasteiger partial charge in [-0.2, -0.15) is 0 Å². The molecule has 0 saturated carbocycles. The standard InChI is InChI=1S/C16H25N3O2S.HI/c1-3-17-16(18-10-14-6-4-13(2)5-7-14)19-11-15-8-9-22(20,21)12-15;/h4-7,15H,3,8-12H2,1-2H3,(H2,17,18,19);1H. The molecule has 1 aliphatic heterocycles. The van der Waals surface area contributed by atoms with Gasteiger partial charge in [-0.15, -0.1) is 24.0 Å². The average molecular weight is 451 g/mol. The molecule has 23 heavy (non-hydrogen) atoms. The molecule has 0 aromatic heterocycles. The molecule has 2 N–H and O–H groups in total. The third-order valence-corrected chi connectivity index (χ3v) is 5.61. The van der Waals surface area contributed by atoms with E-state index in [-0.39, 0.29) is 35.6 Å². The maximum absolute atomic E-state index is 11.5. The fraction of sp³-hybridized carbons (Fsp3) is 0.562. The summed E-state index contributed by atoms with van der Waals surface area (Å²) in [5.74, 6) is 1.54. The van der Waals surface area contributed by atoms with Crippen LogP contribution in [0.25, 0.3) is 0 Å². The van der Waals surface area contributed by atoms with Crippen LogP contribution in [-0.2, 0) is 16.4 Å². The maximum atomic E-state index is 11.5. The van der Waals surface area contributed by atoms with E-state index in [2.05, 4.69) is 46.8 Å². The van der Waals surface area contributed by atoms with Crippen LogP contribution in [0.2, 0.25) is 0 Å². The Hall–Kier alpha value is -0.830. The Balaban J connectivity index is 0.00000264. The van der Waals surface area contributed by atoms with E-state index in [0.717, 1.165) is 24.5 Å². The molecule has 7 heteroatoms. The lowest BCUT2D eigenvalue weighted by Crippen LogP contribution is -2.40. The topological polar surface area (TPSA) is 70.6 Å². The van der Waals surface area contributed by atoms with Crippen molar-refractivity contribution in [1.82, 2.24) is 10.6 Å². The number of nitrogens with one attached hydrogen (secondary N) is 2. The molecule has 0 radical (unpaired) electrons. The SMILES string of the molecule is CCNC(=NCc1ccc(C)cc1)NCC1CCS(=O)(=O)C1.I. The Kier molecular flexibility index (Phi) is 8.32. The highest BCUT2D eigenvalue weighted by Gasteiger charge is 2.27. The Morgan fingerprint density at radius 2 is 1.96 bits per heavy atom. The van der Waals surface area contributed by atoms with Crippen LogP contribution in [0.3, 0.4) is 0 Å². The van der Waals surface area contributed by atoms with E-state index in [0.29, 0.717) is 18.8 Å². The quantitative estimate of drug-likeness (QED) is 0.409. The molecule has 5 nitrogen and oxygen atoms in total. The predicted molar refractivity (Wildman–Crippen MR) is 106 cm³/mol. The molecule has 1 fully saturated rings. The van der Waals surface area contributed by atoms with E-state index in [9.17, 15) is 8.42 Å². The van der Waals surface area contributed by atoms with E-state index in [4.69, 9.17) is 0 Å². The molecule has 130 valence electrons. The summed E-state index contributed by atoms with van der Waals surface area (Å²) in [7, 11) is -2.82. The number of halogens is 1. The van der Waals surface area contributed by atoms with Crippen molar-refractivity contribution in [3.63, 3.8) is 0 Å². The number of benzene rings is 1. The van der Waals surface area contributed by atoms with Crippen LogP contribution in [0.5, 0.6) is 0 Å². The van der Waals surface area contributed by atoms with Crippen molar-refractivity contribution in [3.05, 3.63) is 35.4 Å². The first-order valence-corrected chi connectivity index (χ1v) is 9.59. The smallest absolute Gasteiger partial charge is 0.191 e. The zero-order valence-electron chi connectivity index (χ0n) is 13.7. The van der Waals surface area contributed by atoms with Crippen molar-refractivity contribution < 1.29 is 8.42 Å². The number of hydrogen-bond donors (Lipinski definition) is 2. The Labute approximate surface area is 156 Å². The van der Waals surface area contributed by atoms with Gasteiger partial charge in [0, 0.05) is 13.1 Å². The average Bonchev–Trinajstić information content (AvgIpc) is 2.83. The van der Waals surface area contributed by atoms with Crippen molar-refractivity contribution in [1.29, 1.82) is 0 Å². The molecule has 1 unspecified atom stereocenters. The number of aryl methyl sites for hydroxylation is 1. The highest BCUT2D eigenvalue weighted by atomic mass is 127. The van der Waals surface area contributed by atoms with Crippen LogP contribution in [0.15, 0.2) is 29.3 Å². The van der Waals surface area contributed by atoms with Gasteiger partial charge < -0.3 is 10.6 Å². The van der Waals surface area contributed by atoms with E-state index in [1.165, 1.54) is 5.56 Å². The molecule has 0 spiro atoms. The molecule has 1 aromatic rings. The molecule has 1 aliphatic rings. The number of rotatable bonds is 5. The first-order chi connectivity index (χ1) is 10.5. The van der Waals surface area contributed by atoms with E-state index in [1.807, 2.05) is 6.92 Å². The molecule has 1 saturated heterocycles. The summed E-state index contributed by atoms with van der Waals surface area (Å²) in [4.78, 5) is 4.56. The van der Waals surface area contributed by atoms with Crippen LogP contribution in [-0.4, -0.2) is 39.0 Å². The third-order valence-electron chi connectivity index (χ3n) is 3.77. The summed E-state index contributed by atoms with van der Waals surface area (Å²) in [5.41, 5.74) is 2.39. The number of nitrogens with zero attached hydrogens (tertiary/aromatic N) is 1. The molecule has 0 aliphatic carbocycles. The Morgan fingerprint density at radius 1 is 1.26 bits per heavy atom. The summed E-state index contributed by atoms with van der Waals surface area (Å²) in [6, 6.07) is 8.31. The van der Waals surface area contributed by atoms with Crippen LogP contribution < -0.4 is 10.6 Å². The lowest BCUT2D eigenvalue weighted by atomic mass is 10.1. The van der Waals surface area contributed by atoms with Gasteiger partial charge in [0.1, 0.15) is 0 Å². The molecular weight excluding hydrogens is 425 g/mol. The number of guanidine groups is 1. The minimum Gasteiger partial charge on any atom is -0.357 e.